The van der Waals surface area contributed by atoms with Crippen LogP contribution in [-0.2, 0) is 12.8 Å². The Morgan fingerprint density at radius 3 is 2.52 bits per heavy atom. The summed E-state index contributed by atoms with van der Waals surface area (Å²) in [5.41, 5.74) is 4.76. The van der Waals surface area contributed by atoms with E-state index in [-0.39, 0.29) is 0 Å². The summed E-state index contributed by atoms with van der Waals surface area (Å²) < 4.78 is 18.2. The van der Waals surface area contributed by atoms with Crippen molar-refractivity contribution in [1.29, 1.82) is 0 Å². The molecule has 0 atom stereocenters. The smallest absolute Gasteiger partial charge is 0.161 e. The molecule has 1 aliphatic rings. The van der Waals surface area contributed by atoms with Crippen LogP contribution >= 0.6 is 15.9 Å². The molecule has 4 rings (SSSR count). The Morgan fingerprint density at radius 1 is 0.920 bits per heavy atom. The number of aryl methyl sites for hydroxylation is 1. The van der Waals surface area contributed by atoms with Crippen molar-refractivity contribution in [2.24, 2.45) is 0 Å². The predicted octanol–water partition coefficient (Wildman–Crippen LogP) is 5.88. The van der Waals surface area contributed by atoms with Gasteiger partial charge in [-0.25, -0.2) is 0 Å². The van der Waals surface area contributed by atoms with Gasteiger partial charge in [0, 0.05) is 16.7 Å². The lowest BCUT2D eigenvalue weighted by atomic mass is 10.0. The Morgan fingerprint density at radius 2 is 1.72 bits per heavy atom. The highest BCUT2D eigenvalue weighted by Gasteiger charge is 2.24. The van der Waals surface area contributed by atoms with Crippen LogP contribution < -0.4 is 9.47 Å². The number of methoxy groups -OCH3 is 2. The number of rotatable bonds is 3. The minimum Gasteiger partial charge on any atom is -0.493 e. The molecule has 0 N–H and O–H groups in total. The fourth-order valence-electron chi connectivity index (χ4n) is 3.46. The molecule has 3 nitrogen and oxygen atoms in total. The Kier molecular flexibility index (Phi) is 4.30. The molecule has 0 saturated heterocycles. The molecule has 0 unspecified atom stereocenters. The summed E-state index contributed by atoms with van der Waals surface area (Å²) in [7, 11) is 3.28. The van der Waals surface area contributed by atoms with Crippen LogP contribution in [0.25, 0.3) is 22.6 Å². The van der Waals surface area contributed by atoms with E-state index in [1.54, 1.807) is 14.2 Å². The summed E-state index contributed by atoms with van der Waals surface area (Å²) >= 11 is 3.78. The van der Waals surface area contributed by atoms with Crippen molar-refractivity contribution in [3.8, 4) is 34.1 Å². The molecular formula is C21H19BrO3. The molecule has 1 aromatic heterocycles. The molecule has 0 bridgehead atoms. The third-order valence-corrected chi connectivity index (χ3v) is 5.56. The number of benzene rings is 2. The van der Waals surface area contributed by atoms with Gasteiger partial charge in [0.05, 0.1) is 18.7 Å². The summed E-state index contributed by atoms with van der Waals surface area (Å²) in [6.45, 7) is 0. The van der Waals surface area contributed by atoms with E-state index in [2.05, 4.69) is 40.2 Å². The zero-order valence-electron chi connectivity index (χ0n) is 14.3. The lowest BCUT2D eigenvalue weighted by Gasteiger charge is -2.09. The number of halogens is 1. The number of hydrogen-bond acceptors (Lipinski definition) is 3. The van der Waals surface area contributed by atoms with E-state index in [1.165, 1.54) is 16.7 Å². The van der Waals surface area contributed by atoms with Crippen LogP contribution in [0.1, 0.15) is 17.5 Å². The van der Waals surface area contributed by atoms with Gasteiger partial charge in [-0.05, 0) is 59.0 Å². The van der Waals surface area contributed by atoms with Gasteiger partial charge in [-0.1, -0.05) is 24.3 Å². The van der Waals surface area contributed by atoms with Crippen molar-refractivity contribution in [2.75, 3.05) is 14.2 Å². The predicted molar refractivity (Wildman–Crippen MR) is 102 cm³/mol. The molecule has 0 radical (unpaired) electrons. The molecule has 3 aromatic rings. The average Bonchev–Trinajstić information content (AvgIpc) is 2.86. The van der Waals surface area contributed by atoms with Crippen molar-refractivity contribution in [3.05, 3.63) is 58.1 Å². The van der Waals surface area contributed by atoms with Gasteiger partial charge in [0.2, 0.25) is 0 Å². The Labute approximate surface area is 155 Å². The van der Waals surface area contributed by atoms with Crippen molar-refractivity contribution in [1.82, 2.24) is 0 Å². The van der Waals surface area contributed by atoms with Crippen LogP contribution in [0, 0.1) is 0 Å². The van der Waals surface area contributed by atoms with Gasteiger partial charge in [0.1, 0.15) is 11.5 Å². The van der Waals surface area contributed by atoms with Crippen molar-refractivity contribution in [3.63, 3.8) is 0 Å². The first-order chi connectivity index (χ1) is 12.2. The molecule has 128 valence electrons. The molecule has 2 aromatic carbocycles. The van der Waals surface area contributed by atoms with Gasteiger partial charge in [-0.2, -0.15) is 0 Å². The van der Waals surface area contributed by atoms with Gasteiger partial charge in [-0.15, -0.1) is 0 Å². The molecular weight excluding hydrogens is 380 g/mol. The highest BCUT2D eigenvalue weighted by Crippen LogP contribution is 2.45. The quantitative estimate of drug-likeness (QED) is 0.551. The van der Waals surface area contributed by atoms with Gasteiger partial charge < -0.3 is 13.9 Å². The maximum absolute atomic E-state index is 6.36. The van der Waals surface area contributed by atoms with E-state index in [0.29, 0.717) is 11.5 Å². The van der Waals surface area contributed by atoms with Crippen molar-refractivity contribution in [2.45, 2.75) is 19.3 Å². The number of hydrogen-bond donors (Lipinski definition) is 0. The van der Waals surface area contributed by atoms with E-state index >= 15 is 0 Å². The first kappa shape index (κ1) is 16.3. The lowest BCUT2D eigenvalue weighted by Crippen LogP contribution is -1.91. The van der Waals surface area contributed by atoms with Gasteiger partial charge in [0.15, 0.2) is 11.5 Å². The molecule has 0 fully saturated rings. The number of fused-ring (bicyclic) bond motifs is 3. The minimum atomic E-state index is 0.693. The highest BCUT2D eigenvalue weighted by molar-refractivity contribution is 9.10. The van der Waals surface area contributed by atoms with Gasteiger partial charge in [-0.3, -0.25) is 0 Å². The number of ether oxygens (including phenoxy) is 2. The molecule has 1 aliphatic carbocycles. The van der Waals surface area contributed by atoms with E-state index in [4.69, 9.17) is 13.9 Å². The fourth-order valence-corrected chi connectivity index (χ4v) is 4.15. The van der Waals surface area contributed by atoms with E-state index in [9.17, 15) is 0 Å². The largest absolute Gasteiger partial charge is 0.493 e. The molecule has 0 amide bonds. The zero-order valence-corrected chi connectivity index (χ0v) is 15.9. The van der Waals surface area contributed by atoms with Crippen molar-refractivity contribution < 1.29 is 13.9 Å². The Hall–Kier alpha value is -2.20. The standard InChI is InChI=1S/C21H19BrO3/c1-23-17-11-10-14(12-18(17)24-2)20-19(22)16-9-5-7-13-6-3-4-8-15(13)21(16)25-20/h3-4,6,8,10-12H,5,7,9H2,1-2H3. The average molecular weight is 399 g/mol. The fraction of sp³-hybridized carbons (Fsp3) is 0.238. The maximum Gasteiger partial charge on any atom is 0.161 e. The summed E-state index contributed by atoms with van der Waals surface area (Å²) in [5, 5.41) is 0. The first-order valence-electron chi connectivity index (χ1n) is 8.34. The summed E-state index contributed by atoms with van der Waals surface area (Å²) in [6, 6.07) is 14.4. The second-order valence-corrected chi connectivity index (χ2v) is 6.93. The monoisotopic (exact) mass is 398 g/mol. The molecule has 1 heterocycles. The Balaban J connectivity index is 1.88. The molecule has 4 heteroatoms. The highest BCUT2D eigenvalue weighted by atomic mass is 79.9. The molecule has 25 heavy (non-hydrogen) atoms. The van der Waals surface area contributed by atoms with Crippen LogP contribution in [0.2, 0.25) is 0 Å². The summed E-state index contributed by atoms with van der Waals surface area (Å²) in [6.07, 6.45) is 3.20. The third kappa shape index (κ3) is 2.74. The number of furan rings is 1. The molecule has 0 spiro atoms. The Bertz CT molecular complexity index is 927. The van der Waals surface area contributed by atoms with E-state index < -0.39 is 0 Å². The second-order valence-electron chi connectivity index (χ2n) is 6.13. The SMILES string of the molecule is COc1ccc(-c2oc3c(c2Br)CCCc2ccccc2-3)cc1OC. The normalized spacial score (nSPS) is 12.9. The van der Waals surface area contributed by atoms with Crippen molar-refractivity contribution >= 4 is 15.9 Å². The van der Waals surface area contributed by atoms with Crippen LogP contribution in [0.3, 0.4) is 0 Å². The lowest BCUT2D eigenvalue weighted by molar-refractivity contribution is 0.355. The van der Waals surface area contributed by atoms with Gasteiger partial charge >= 0.3 is 0 Å². The zero-order chi connectivity index (χ0) is 17.4. The molecule has 0 aliphatic heterocycles. The summed E-state index contributed by atoms with van der Waals surface area (Å²) in [4.78, 5) is 0. The van der Waals surface area contributed by atoms with Crippen LogP contribution in [0.4, 0.5) is 0 Å². The third-order valence-electron chi connectivity index (χ3n) is 4.72. The van der Waals surface area contributed by atoms with Crippen LogP contribution in [0.5, 0.6) is 11.5 Å². The van der Waals surface area contributed by atoms with E-state index in [0.717, 1.165) is 40.8 Å². The molecule has 0 saturated carbocycles. The maximum atomic E-state index is 6.36. The van der Waals surface area contributed by atoms with Crippen LogP contribution in [0.15, 0.2) is 51.4 Å². The second kappa shape index (κ2) is 6.60. The first-order valence-corrected chi connectivity index (χ1v) is 9.14. The topological polar surface area (TPSA) is 31.6 Å². The van der Waals surface area contributed by atoms with E-state index in [1.807, 2.05) is 18.2 Å². The minimum absolute atomic E-state index is 0.693. The van der Waals surface area contributed by atoms with Gasteiger partial charge in [0.25, 0.3) is 0 Å². The summed E-state index contributed by atoms with van der Waals surface area (Å²) in [5.74, 6) is 3.21. The van der Waals surface area contributed by atoms with Crippen LogP contribution in [-0.4, -0.2) is 14.2 Å².